The summed E-state index contributed by atoms with van der Waals surface area (Å²) in [6.07, 6.45) is -0.521. The fourth-order valence-electron chi connectivity index (χ4n) is 1.80. The number of hydrogen-bond donors (Lipinski definition) is 1. The predicted octanol–water partition coefficient (Wildman–Crippen LogP) is 2.04. The molecule has 1 amide bonds. The summed E-state index contributed by atoms with van der Waals surface area (Å²) in [6.45, 7) is 0.694. The summed E-state index contributed by atoms with van der Waals surface area (Å²) in [7, 11) is 3.18. The van der Waals surface area contributed by atoms with Crippen molar-refractivity contribution in [3.05, 3.63) is 34.9 Å². The Morgan fingerprint density at radius 3 is 3.06 bits per heavy atom. The number of nitrogens with one attached hydrogen (secondary N) is 1. The van der Waals surface area contributed by atoms with Gasteiger partial charge < -0.3 is 9.64 Å². The van der Waals surface area contributed by atoms with Gasteiger partial charge >= 0.3 is 6.09 Å². The lowest BCUT2D eigenvalue weighted by Crippen LogP contribution is -2.39. The molecule has 1 aliphatic heterocycles. The van der Waals surface area contributed by atoms with Crippen LogP contribution in [0.25, 0.3) is 0 Å². The van der Waals surface area contributed by atoms with E-state index in [1.807, 2.05) is 36.2 Å². The van der Waals surface area contributed by atoms with Crippen LogP contribution >= 0.6 is 11.6 Å². The number of carbonyl (C=O) groups is 1. The van der Waals surface area contributed by atoms with E-state index in [1.165, 1.54) is 7.11 Å². The van der Waals surface area contributed by atoms with Crippen molar-refractivity contribution >= 4 is 23.7 Å². The molecule has 1 aromatic carbocycles. The number of guanidine groups is 1. The molecule has 0 bridgehead atoms. The average molecular weight is 268 g/mol. The van der Waals surface area contributed by atoms with Crippen molar-refractivity contribution in [3.63, 3.8) is 0 Å². The number of halogens is 1. The molecule has 5 nitrogen and oxygen atoms in total. The number of hydrogen-bond acceptors (Lipinski definition) is 4. The molecule has 1 aromatic rings. The summed E-state index contributed by atoms with van der Waals surface area (Å²) < 4.78 is 4.54. The highest BCUT2D eigenvalue weighted by Crippen LogP contribution is 2.25. The molecule has 1 aliphatic rings. The van der Waals surface area contributed by atoms with Gasteiger partial charge in [0.1, 0.15) is 0 Å². The Hall–Kier alpha value is -1.75. The molecular formula is C12H14ClN3O2. The van der Waals surface area contributed by atoms with Gasteiger partial charge in [0.2, 0.25) is 5.96 Å². The molecular weight excluding hydrogens is 254 g/mol. The molecule has 0 saturated carbocycles. The molecule has 2 rings (SSSR count). The maximum absolute atomic E-state index is 11.1. The minimum Gasteiger partial charge on any atom is -0.453 e. The Bertz CT molecular complexity index is 490. The summed E-state index contributed by atoms with van der Waals surface area (Å²) in [5, 5.41) is 3.25. The van der Waals surface area contributed by atoms with E-state index in [1.54, 1.807) is 0 Å². The average Bonchev–Trinajstić information content (AvgIpc) is 2.71. The van der Waals surface area contributed by atoms with Crippen molar-refractivity contribution in [1.82, 2.24) is 10.2 Å². The van der Waals surface area contributed by atoms with Gasteiger partial charge in [0.25, 0.3) is 0 Å². The molecule has 1 heterocycles. The van der Waals surface area contributed by atoms with Crippen LogP contribution in [0.3, 0.4) is 0 Å². The summed E-state index contributed by atoms with van der Waals surface area (Å²) >= 11 is 5.95. The van der Waals surface area contributed by atoms with E-state index in [0.717, 1.165) is 5.56 Å². The van der Waals surface area contributed by atoms with Crippen LogP contribution in [0.4, 0.5) is 4.79 Å². The first-order chi connectivity index (χ1) is 8.60. The van der Waals surface area contributed by atoms with E-state index in [2.05, 4.69) is 15.0 Å². The lowest BCUT2D eigenvalue weighted by molar-refractivity contribution is 0.176. The smallest absolute Gasteiger partial charge is 0.413 e. The minimum atomic E-state index is -0.521. The number of nitrogens with zero attached hydrogens (tertiary/aromatic N) is 2. The maximum atomic E-state index is 11.1. The Morgan fingerprint density at radius 1 is 1.61 bits per heavy atom. The highest BCUT2D eigenvalue weighted by Gasteiger charge is 2.25. The molecule has 0 radical (unpaired) electrons. The van der Waals surface area contributed by atoms with Gasteiger partial charge in [0, 0.05) is 18.6 Å². The molecule has 6 heteroatoms. The quantitative estimate of drug-likeness (QED) is 0.847. The topological polar surface area (TPSA) is 53.9 Å². The van der Waals surface area contributed by atoms with Crippen molar-refractivity contribution < 1.29 is 9.53 Å². The van der Waals surface area contributed by atoms with Gasteiger partial charge in [0.05, 0.1) is 13.2 Å². The summed E-state index contributed by atoms with van der Waals surface area (Å²) in [5.74, 6) is 0.506. The largest absolute Gasteiger partial charge is 0.453 e. The second-order valence-corrected chi connectivity index (χ2v) is 4.46. The third-order valence-electron chi connectivity index (χ3n) is 2.72. The fourth-order valence-corrected chi connectivity index (χ4v) is 2.00. The van der Waals surface area contributed by atoms with Crippen LogP contribution in [-0.2, 0) is 4.74 Å². The van der Waals surface area contributed by atoms with E-state index in [9.17, 15) is 4.79 Å². The molecule has 0 saturated heterocycles. The SMILES string of the molecule is COC(=O)NC1=NC(c2cccc(Cl)c2)CN1C. The number of alkyl carbamates (subject to hydrolysis) is 1. The van der Waals surface area contributed by atoms with Crippen LogP contribution in [0.5, 0.6) is 0 Å². The Balaban J connectivity index is 2.15. The van der Waals surface area contributed by atoms with Crippen LogP contribution in [0.1, 0.15) is 11.6 Å². The Labute approximate surface area is 110 Å². The normalized spacial score (nSPS) is 18.5. The number of ether oxygens (including phenoxy) is 1. The molecule has 0 fully saturated rings. The first kappa shape index (κ1) is 12.7. The highest BCUT2D eigenvalue weighted by atomic mass is 35.5. The molecule has 1 unspecified atom stereocenters. The number of carbonyl (C=O) groups excluding carboxylic acids is 1. The van der Waals surface area contributed by atoms with Gasteiger partial charge in [-0.3, -0.25) is 5.32 Å². The third kappa shape index (κ3) is 2.73. The molecule has 1 atom stereocenters. The molecule has 18 heavy (non-hydrogen) atoms. The van der Waals surface area contributed by atoms with Crippen LogP contribution in [0.15, 0.2) is 29.3 Å². The number of amides is 1. The van der Waals surface area contributed by atoms with E-state index in [-0.39, 0.29) is 6.04 Å². The molecule has 0 aromatic heterocycles. The summed E-state index contributed by atoms with van der Waals surface area (Å²) in [6, 6.07) is 7.53. The van der Waals surface area contributed by atoms with E-state index >= 15 is 0 Å². The van der Waals surface area contributed by atoms with Crippen molar-refractivity contribution in [2.24, 2.45) is 4.99 Å². The molecule has 96 valence electrons. The van der Waals surface area contributed by atoms with Crippen molar-refractivity contribution in [3.8, 4) is 0 Å². The number of likely N-dealkylation sites (N-methyl/N-ethyl adjacent to an activating group) is 1. The van der Waals surface area contributed by atoms with Crippen LogP contribution in [0, 0.1) is 0 Å². The number of rotatable bonds is 1. The fraction of sp³-hybridized carbons (Fsp3) is 0.333. The highest BCUT2D eigenvalue weighted by molar-refractivity contribution is 6.30. The number of aliphatic imine (C=N–C) groups is 1. The van der Waals surface area contributed by atoms with E-state index in [4.69, 9.17) is 11.6 Å². The maximum Gasteiger partial charge on any atom is 0.413 e. The zero-order chi connectivity index (χ0) is 13.1. The molecule has 1 N–H and O–H groups in total. The van der Waals surface area contributed by atoms with Gasteiger partial charge in [-0.1, -0.05) is 23.7 Å². The van der Waals surface area contributed by atoms with Gasteiger partial charge in [-0.2, -0.15) is 0 Å². The lowest BCUT2D eigenvalue weighted by Gasteiger charge is -2.14. The second-order valence-electron chi connectivity index (χ2n) is 4.02. The first-order valence-electron chi connectivity index (χ1n) is 5.49. The number of benzene rings is 1. The lowest BCUT2D eigenvalue weighted by atomic mass is 10.1. The standard InChI is InChI=1S/C12H14ClN3O2/c1-16-7-10(8-4-3-5-9(13)6-8)14-11(16)15-12(17)18-2/h3-6,10H,7H2,1-2H3,(H,14,15,17). The zero-order valence-electron chi connectivity index (χ0n) is 10.2. The first-order valence-corrected chi connectivity index (χ1v) is 5.87. The Morgan fingerprint density at radius 2 is 2.39 bits per heavy atom. The van der Waals surface area contributed by atoms with Crippen molar-refractivity contribution in [2.75, 3.05) is 20.7 Å². The third-order valence-corrected chi connectivity index (χ3v) is 2.95. The summed E-state index contributed by atoms with van der Waals surface area (Å²) in [5.41, 5.74) is 1.02. The number of methoxy groups -OCH3 is 1. The summed E-state index contributed by atoms with van der Waals surface area (Å²) in [4.78, 5) is 17.5. The zero-order valence-corrected chi connectivity index (χ0v) is 10.9. The van der Waals surface area contributed by atoms with Crippen LogP contribution in [0.2, 0.25) is 5.02 Å². The predicted molar refractivity (Wildman–Crippen MR) is 69.8 cm³/mol. The second kappa shape index (κ2) is 5.27. The van der Waals surface area contributed by atoms with E-state index < -0.39 is 6.09 Å². The minimum absolute atomic E-state index is 0.0270. The Kier molecular flexibility index (Phi) is 3.72. The van der Waals surface area contributed by atoms with Gasteiger partial charge in [-0.15, -0.1) is 0 Å². The van der Waals surface area contributed by atoms with E-state index in [0.29, 0.717) is 17.5 Å². The van der Waals surface area contributed by atoms with Gasteiger partial charge in [-0.25, -0.2) is 9.79 Å². The van der Waals surface area contributed by atoms with Gasteiger partial charge in [0.15, 0.2) is 0 Å². The molecule has 0 aliphatic carbocycles. The van der Waals surface area contributed by atoms with Crippen LogP contribution in [-0.4, -0.2) is 37.7 Å². The van der Waals surface area contributed by atoms with Crippen LogP contribution < -0.4 is 5.32 Å². The van der Waals surface area contributed by atoms with Crippen molar-refractivity contribution in [1.29, 1.82) is 0 Å². The van der Waals surface area contributed by atoms with Gasteiger partial charge in [-0.05, 0) is 17.7 Å². The molecule has 0 spiro atoms. The van der Waals surface area contributed by atoms with Crippen molar-refractivity contribution in [2.45, 2.75) is 6.04 Å². The monoisotopic (exact) mass is 267 g/mol.